The maximum absolute atomic E-state index is 16.6. The first-order chi connectivity index (χ1) is 62.1. The quantitative estimate of drug-likeness (QED) is 0.0495. The van der Waals surface area contributed by atoms with Crippen molar-refractivity contribution in [3.05, 3.63) is 508 Å². The Balaban J connectivity index is 0.681. The Morgan fingerprint density at radius 1 is 0.126 bits per heavy atom. The van der Waals surface area contributed by atoms with Crippen molar-refractivity contribution < 1.29 is 26.3 Å². The molecule has 18 aromatic carbocycles. The molecular weight excluding hydrogens is 1580 g/mol. The molecule has 0 aliphatic heterocycles. The minimum Gasteiger partial charge on any atom is -0.311 e. The summed E-state index contributed by atoms with van der Waals surface area (Å²) < 4.78 is 99.6. The van der Waals surface area contributed by atoms with Crippen LogP contribution in [0.3, 0.4) is 0 Å². The monoisotopic (exact) mass is 1670 g/mol. The van der Waals surface area contributed by atoms with Crippen molar-refractivity contribution in [3.8, 4) is 0 Å². The first-order valence-electron chi connectivity index (χ1n) is 42.0. The van der Waals surface area contributed by atoms with E-state index in [1.807, 2.05) is 247 Å². The highest BCUT2D eigenvalue weighted by molar-refractivity contribution is 5.89. The molecule has 0 N–H and O–H groups in total. The van der Waals surface area contributed by atoms with Crippen LogP contribution in [0.15, 0.2) is 485 Å². The molecule has 0 saturated heterocycles. The van der Waals surface area contributed by atoms with Crippen LogP contribution >= 0.6 is 0 Å². The normalized spacial score (nSPS) is 11.5. The maximum Gasteiger partial charge on any atom is 0.411 e. The summed E-state index contributed by atoms with van der Waals surface area (Å²) in [6, 6.07) is 155. The molecule has 0 fully saturated rings. The van der Waals surface area contributed by atoms with Crippen LogP contribution in [0.2, 0.25) is 0 Å². The molecule has 0 aliphatic rings. The second-order valence-corrected chi connectivity index (χ2v) is 31.0. The van der Waals surface area contributed by atoms with E-state index in [4.69, 9.17) is 0 Å². The molecule has 0 aromatic heterocycles. The van der Waals surface area contributed by atoms with Crippen molar-refractivity contribution in [3.63, 3.8) is 0 Å². The van der Waals surface area contributed by atoms with Crippen LogP contribution in [0.5, 0.6) is 0 Å². The molecule has 0 amide bonds. The lowest BCUT2D eigenvalue weighted by Gasteiger charge is -2.39. The number of nitrogens with zero attached hydrogens (tertiary/aromatic N) is 8. The molecule has 14 heteroatoms. The lowest BCUT2D eigenvalue weighted by atomic mass is 9.72. The second-order valence-electron chi connectivity index (χ2n) is 31.0. The fourth-order valence-electron chi connectivity index (χ4n) is 16.8. The summed E-state index contributed by atoms with van der Waals surface area (Å²) in [6.07, 6.45) is -11.8. The number of para-hydroxylation sites is 8. The van der Waals surface area contributed by atoms with Gasteiger partial charge in [0.2, 0.25) is 5.41 Å². The third-order valence-electron chi connectivity index (χ3n) is 22.9. The molecule has 0 saturated carbocycles. The first kappa shape index (κ1) is 81.9. The van der Waals surface area contributed by atoms with Gasteiger partial charge in [0.05, 0.1) is 0 Å². The Labute approximate surface area is 736 Å². The number of benzene rings is 18. The number of alkyl halides is 6. The SMILES string of the molecule is Cc1ccc(N(c2ccccc2)c2ccc(N(c3ccc(N(c4ccccc4)c4ccccc4)cc3)c3ccc(N(c4ccccc4)c4ccc(C(c5ccc(N(c6ccc(C)cc6)c6ccc(N(c7ccc(N(c8ccccc8)c8ccccc8)cc7)c7ccc(N(c8ccccc8)c8ccccc8)cc7)cc6)cc5)(C(F)(F)F)C(F)(F)F)cc4)cc3)cc2)cc1. The van der Waals surface area contributed by atoms with Crippen LogP contribution in [0.1, 0.15) is 22.3 Å². The molecule has 18 rings (SSSR count). The topological polar surface area (TPSA) is 25.9 Å². The average molecular weight is 1670 g/mol. The van der Waals surface area contributed by atoms with Gasteiger partial charge >= 0.3 is 12.4 Å². The zero-order valence-electron chi connectivity index (χ0n) is 69.5. The van der Waals surface area contributed by atoms with Crippen molar-refractivity contribution >= 4 is 136 Å². The molecule has 0 heterocycles. The van der Waals surface area contributed by atoms with Gasteiger partial charge in [0.15, 0.2) is 0 Å². The van der Waals surface area contributed by atoms with Crippen molar-refractivity contribution in [1.82, 2.24) is 0 Å². The molecule has 18 aromatic rings. The summed E-state index contributed by atoms with van der Waals surface area (Å²) in [5.41, 5.74) is 15.2. The van der Waals surface area contributed by atoms with Crippen molar-refractivity contribution in [2.45, 2.75) is 31.6 Å². The molecule has 620 valence electrons. The molecule has 0 aliphatic carbocycles. The highest BCUT2D eigenvalue weighted by Crippen LogP contribution is 2.58. The van der Waals surface area contributed by atoms with Crippen molar-refractivity contribution in [2.24, 2.45) is 0 Å². The average Bonchev–Trinajstić information content (AvgIpc) is 0.711. The molecule has 127 heavy (non-hydrogen) atoms. The fourth-order valence-corrected chi connectivity index (χ4v) is 16.8. The molecule has 0 bridgehead atoms. The Bertz CT molecular complexity index is 6340. The van der Waals surface area contributed by atoms with E-state index in [-0.39, 0.29) is 0 Å². The summed E-state index contributed by atoms with van der Waals surface area (Å²) in [7, 11) is 0. The summed E-state index contributed by atoms with van der Waals surface area (Å²) >= 11 is 0. The van der Waals surface area contributed by atoms with E-state index >= 15 is 26.3 Å². The van der Waals surface area contributed by atoms with E-state index in [1.54, 1.807) is 0 Å². The lowest BCUT2D eigenvalue weighted by Crippen LogP contribution is -2.54. The molecule has 0 atom stereocenters. The van der Waals surface area contributed by atoms with E-state index in [2.05, 4.69) is 243 Å². The van der Waals surface area contributed by atoms with Gasteiger partial charge in [-0.1, -0.05) is 205 Å². The zero-order valence-corrected chi connectivity index (χ0v) is 69.5. The van der Waals surface area contributed by atoms with Crippen LogP contribution < -0.4 is 39.2 Å². The van der Waals surface area contributed by atoms with E-state index in [9.17, 15) is 0 Å². The van der Waals surface area contributed by atoms with Gasteiger partial charge in [0.25, 0.3) is 0 Å². The lowest BCUT2D eigenvalue weighted by molar-refractivity contribution is -0.288. The highest BCUT2D eigenvalue weighted by atomic mass is 19.4. The van der Waals surface area contributed by atoms with Crippen molar-refractivity contribution in [1.29, 1.82) is 0 Å². The molecule has 8 nitrogen and oxygen atoms in total. The van der Waals surface area contributed by atoms with Crippen LogP contribution in [0.25, 0.3) is 0 Å². The van der Waals surface area contributed by atoms with E-state index in [0.717, 1.165) is 138 Å². The van der Waals surface area contributed by atoms with Crippen LogP contribution in [0.4, 0.5) is 163 Å². The number of hydrogen-bond donors (Lipinski definition) is 0. The first-order valence-corrected chi connectivity index (χ1v) is 42.0. The number of aryl methyl sites for hydroxylation is 2. The van der Waals surface area contributed by atoms with Crippen molar-refractivity contribution in [2.75, 3.05) is 39.2 Å². The molecule has 0 radical (unpaired) electrons. The zero-order chi connectivity index (χ0) is 86.9. The van der Waals surface area contributed by atoms with Gasteiger partial charge in [-0.15, -0.1) is 0 Å². The standard InChI is InChI=1S/C113H86F6N8/c1-83-43-51-95(52-44-83)123(93-39-23-9-24-40-93)102-65-75-108(76-66-102)127(107-73-63-101(64-74-107)122(91-35-19-7-20-36-91)92-37-21-8-22-38-92)109-77-67-103(68-78-109)124(94-41-25-10-26-42-94)97-55-47-85(48-56-97)111(112(114,115)116,113(117,118)119)86-49-57-98(58-50-86)125(96-53-45-84(2)46-54-96)104-79-81-110(82-80-104)126(105-69-59-99(60-70-105)120(87-27-11-3-12-28-87)88-29-13-4-14-30-88)106-71-61-100(62-72-106)121(89-31-15-5-16-32-89)90-33-17-6-18-34-90/h3-82H,1-2H3. The molecule has 0 unspecified atom stereocenters. The number of halogens is 6. The predicted molar refractivity (Wildman–Crippen MR) is 513 cm³/mol. The van der Waals surface area contributed by atoms with Crippen LogP contribution in [-0.4, -0.2) is 12.4 Å². The van der Waals surface area contributed by atoms with Crippen LogP contribution in [-0.2, 0) is 5.41 Å². The van der Waals surface area contributed by atoms with Gasteiger partial charge in [-0.3, -0.25) is 0 Å². The third-order valence-corrected chi connectivity index (χ3v) is 22.9. The summed E-state index contributed by atoms with van der Waals surface area (Å²) in [6.45, 7) is 4.01. The van der Waals surface area contributed by atoms with Gasteiger partial charge in [-0.2, -0.15) is 26.3 Å². The van der Waals surface area contributed by atoms with Crippen LogP contribution in [0, 0.1) is 13.8 Å². The summed E-state index contributed by atoms with van der Waals surface area (Å²) in [4.78, 5) is 16.8. The Kier molecular flexibility index (Phi) is 23.3. The van der Waals surface area contributed by atoms with E-state index < -0.39 is 28.9 Å². The van der Waals surface area contributed by atoms with Gasteiger partial charge in [0, 0.05) is 136 Å². The van der Waals surface area contributed by atoms with Gasteiger partial charge in [-0.25, -0.2) is 0 Å². The van der Waals surface area contributed by atoms with E-state index in [0.29, 0.717) is 34.1 Å². The van der Waals surface area contributed by atoms with Gasteiger partial charge < -0.3 is 39.2 Å². The largest absolute Gasteiger partial charge is 0.411 e. The van der Waals surface area contributed by atoms with Gasteiger partial charge in [-0.05, 0) is 316 Å². The van der Waals surface area contributed by atoms with E-state index in [1.165, 1.54) is 24.3 Å². The second kappa shape index (κ2) is 36.2. The Hall–Kier alpha value is -16.1. The summed E-state index contributed by atoms with van der Waals surface area (Å²) in [5.74, 6) is 0. The number of rotatable bonds is 26. The Morgan fingerprint density at radius 3 is 0.331 bits per heavy atom. The molecule has 0 spiro atoms. The maximum atomic E-state index is 16.6. The third kappa shape index (κ3) is 17.1. The predicted octanol–water partition coefficient (Wildman–Crippen LogP) is 33.5. The molecular formula is C113H86F6N8. The minimum absolute atomic E-state index is 0.318. The fraction of sp³-hybridized carbons (Fsp3) is 0.0442. The Morgan fingerprint density at radius 2 is 0.220 bits per heavy atom. The smallest absolute Gasteiger partial charge is 0.311 e. The highest BCUT2D eigenvalue weighted by Gasteiger charge is 2.72. The minimum atomic E-state index is -5.90. The van der Waals surface area contributed by atoms with Gasteiger partial charge in [0.1, 0.15) is 0 Å². The summed E-state index contributed by atoms with van der Waals surface area (Å²) in [5, 5.41) is 0. The number of hydrogen-bond acceptors (Lipinski definition) is 8. The number of anilines is 24.